The summed E-state index contributed by atoms with van der Waals surface area (Å²) in [6, 6.07) is 6.07. The van der Waals surface area contributed by atoms with Gasteiger partial charge in [0.1, 0.15) is 11.6 Å². The van der Waals surface area contributed by atoms with Crippen molar-refractivity contribution < 1.29 is 9.18 Å². The number of aromatic nitrogens is 2. The summed E-state index contributed by atoms with van der Waals surface area (Å²) in [6.45, 7) is 1.99. The van der Waals surface area contributed by atoms with Crippen LogP contribution in [0.1, 0.15) is 12.5 Å². The fourth-order valence-electron chi connectivity index (χ4n) is 1.54. The van der Waals surface area contributed by atoms with Crippen LogP contribution in [-0.4, -0.2) is 21.9 Å². The van der Waals surface area contributed by atoms with Crippen molar-refractivity contribution in [3.05, 3.63) is 41.8 Å². The quantitative estimate of drug-likeness (QED) is 0.827. The molecule has 0 bridgehead atoms. The smallest absolute Gasteiger partial charge is 0.235 e. The molecule has 1 aromatic carbocycles. The fraction of sp³-hybridized carbons (Fsp3) is 0.231. The molecule has 0 aliphatic rings. The molecule has 1 aromatic heterocycles. The Morgan fingerprint density at radius 3 is 2.84 bits per heavy atom. The van der Waals surface area contributed by atoms with Crippen LogP contribution in [0.25, 0.3) is 0 Å². The molecular formula is C13H14FN3OS. The molecule has 0 aliphatic carbocycles. The van der Waals surface area contributed by atoms with Gasteiger partial charge < -0.3 is 5.32 Å². The summed E-state index contributed by atoms with van der Waals surface area (Å²) in [5.74, 6) is 0.521. The van der Waals surface area contributed by atoms with Gasteiger partial charge in [0.05, 0.1) is 11.9 Å². The Balaban J connectivity index is 1.86. The van der Waals surface area contributed by atoms with Gasteiger partial charge in [0.25, 0.3) is 0 Å². The molecule has 4 nitrogen and oxygen atoms in total. The van der Waals surface area contributed by atoms with Gasteiger partial charge in [0.15, 0.2) is 0 Å². The lowest BCUT2D eigenvalue weighted by molar-refractivity contribution is -0.113. The molecule has 6 heteroatoms. The average molecular weight is 279 g/mol. The van der Waals surface area contributed by atoms with Crippen molar-refractivity contribution >= 4 is 23.5 Å². The SMILES string of the molecule is CCc1cn[nH]c1NC(=O)CSc1ccc(F)cc1. The third-order valence-corrected chi connectivity index (χ3v) is 3.56. The topological polar surface area (TPSA) is 57.8 Å². The monoisotopic (exact) mass is 279 g/mol. The predicted molar refractivity (Wildman–Crippen MR) is 73.7 cm³/mol. The minimum atomic E-state index is -0.279. The van der Waals surface area contributed by atoms with Crippen LogP contribution in [0.15, 0.2) is 35.4 Å². The summed E-state index contributed by atoms with van der Waals surface area (Å²) in [4.78, 5) is 12.6. The highest BCUT2D eigenvalue weighted by atomic mass is 32.2. The van der Waals surface area contributed by atoms with E-state index in [2.05, 4.69) is 15.5 Å². The van der Waals surface area contributed by atoms with Crippen molar-refractivity contribution in [3.8, 4) is 0 Å². The second kappa shape index (κ2) is 6.38. The number of anilines is 1. The maximum absolute atomic E-state index is 12.7. The maximum atomic E-state index is 12.7. The summed E-state index contributed by atoms with van der Waals surface area (Å²) in [5, 5.41) is 9.41. The van der Waals surface area contributed by atoms with E-state index in [9.17, 15) is 9.18 Å². The second-order valence-electron chi connectivity index (χ2n) is 3.91. The number of thioether (sulfide) groups is 1. The number of amides is 1. The molecule has 0 atom stereocenters. The number of benzene rings is 1. The molecule has 2 aromatic rings. The number of nitrogens with one attached hydrogen (secondary N) is 2. The van der Waals surface area contributed by atoms with Crippen LogP contribution in [0.5, 0.6) is 0 Å². The zero-order valence-electron chi connectivity index (χ0n) is 10.4. The van der Waals surface area contributed by atoms with Crippen LogP contribution in [0.3, 0.4) is 0 Å². The number of aryl methyl sites for hydroxylation is 1. The molecule has 19 heavy (non-hydrogen) atoms. The first kappa shape index (κ1) is 13.6. The normalized spacial score (nSPS) is 10.4. The number of nitrogens with zero attached hydrogens (tertiary/aromatic N) is 1. The predicted octanol–water partition coefficient (Wildman–Crippen LogP) is 2.84. The first-order chi connectivity index (χ1) is 9.19. The Labute approximate surface area is 114 Å². The molecule has 2 rings (SSSR count). The van der Waals surface area contributed by atoms with Crippen molar-refractivity contribution in [2.75, 3.05) is 11.1 Å². The van der Waals surface area contributed by atoms with Crippen molar-refractivity contribution in [3.63, 3.8) is 0 Å². The van der Waals surface area contributed by atoms with E-state index in [1.54, 1.807) is 18.3 Å². The number of rotatable bonds is 5. The third-order valence-electron chi connectivity index (χ3n) is 2.55. The van der Waals surface area contributed by atoms with E-state index in [4.69, 9.17) is 0 Å². The summed E-state index contributed by atoms with van der Waals surface area (Å²) >= 11 is 1.36. The summed E-state index contributed by atoms with van der Waals surface area (Å²) in [5.41, 5.74) is 0.972. The van der Waals surface area contributed by atoms with Crippen LogP contribution < -0.4 is 5.32 Å². The molecule has 0 saturated heterocycles. The Hall–Kier alpha value is -1.82. The van der Waals surface area contributed by atoms with E-state index >= 15 is 0 Å². The number of hydrogen-bond acceptors (Lipinski definition) is 3. The van der Waals surface area contributed by atoms with Crippen LogP contribution in [0.4, 0.5) is 10.2 Å². The van der Waals surface area contributed by atoms with Gasteiger partial charge in [-0.3, -0.25) is 9.89 Å². The average Bonchev–Trinajstić information content (AvgIpc) is 2.85. The van der Waals surface area contributed by atoms with E-state index in [-0.39, 0.29) is 17.5 Å². The molecule has 0 saturated carbocycles. The minimum Gasteiger partial charge on any atom is -0.310 e. The minimum absolute atomic E-state index is 0.117. The van der Waals surface area contributed by atoms with Gasteiger partial charge in [-0.25, -0.2) is 4.39 Å². The van der Waals surface area contributed by atoms with E-state index in [0.717, 1.165) is 16.9 Å². The number of H-pyrrole nitrogens is 1. The molecule has 0 spiro atoms. The van der Waals surface area contributed by atoms with Gasteiger partial charge in [-0.05, 0) is 30.7 Å². The van der Waals surface area contributed by atoms with Crippen molar-refractivity contribution in [1.29, 1.82) is 0 Å². The number of carbonyl (C=O) groups is 1. The van der Waals surface area contributed by atoms with E-state index < -0.39 is 0 Å². The van der Waals surface area contributed by atoms with Crippen molar-refractivity contribution in [2.45, 2.75) is 18.2 Å². The van der Waals surface area contributed by atoms with E-state index in [1.165, 1.54) is 23.9 Å². The van der Waals surface area contributed by atoms with Crippen LogP contribution in [0.2, 0.25) is 0 Å². The van der Waals surface area contributed by atoms with Crippen LogP contribution in [-0.2, 0) is 11.2 Å². The molecule has 1 amide bonds. The largest absolute Gasteiger partial charge is 0.310 e. The first-order valence-electron chi connectivity index (χ1n) is 5.89. The Bertz CT molecular complexity index is 553. The summed E-state index contributed by atoms with van der Waals surface area (Å²) in [6.07, 6.45) is 2.50. The van der Waals surface area contributed by atoms with Gasteiger partial charge in [-0.1, -0.05) is 6.92 Å². The molecule has 2 N–H and O–H groups in total. The second-order valence-corrected chi connectivity index (χ2v) is 4.96. The molecule has 1 heterocycles. The summed E-state index contributed by atoms with van der Waals surface area (Å²) in [7, 11) is 0. The lowest BCUT2D eigenvalue weighted by Gasteiger charge is -2.04. The van der Waals surface area contributed by atoms with E-state index in [0.29, 0.717) is 5.82 Å². The van der Waals surface area contributed by atoms with Crippen molar-refractivity contribution in [2.24, 2.45) is 0 Å². The van der Waals surface area contributed by atoms with Gasteiger partial charge in [-0.2, -0.15) is 5.10 Å². The zero-order valence-corrected chi connectivity index (χ0v) is 11.3. The zero-order chi connectivity index (χ0) is 13.7. The lowest BCUT2D eigenvalue weighted by atomic mass is 10.2. The maximum Gasteiger partial charge on any atom is 0.235 e. The first-order valence-corrected chi connectivity index (χ1v) is 6.88. The molecule has 0 unspecified atom stereocenters. The molecule has 0 fully saturated rings. The Kier molecular flexibility index (Phi) is 4.57. The highest BCUT2D eigenvalue weighted by Crippen LogP contribution is 2.19. The Morgan fingerprint density at radius 2 is 2.16 bits per heavy atom. The van der Waals surface area contributed by atoms with Gasteiger partial charge in [-0.15, -0.1) is 11.8 Å². The number of hydrogen-bond donors (Lipinski definition) is 2. The van der Waals surface area contributed by atoms with Crippen molar-refractivity contribution in [1.82, 2.24) is 10.2 Å². The van der Waals surface area contributed by atoms with Crippen LogP contribution in [0, 0.1) is 5.82 Å². The van der Waals surface area contributed by atoms with Crippen LogP contribution >= 0.6 is 11.8 Å². The number of aromatic amines is 1. The lowest BCUT2D eigenvalue weighted by Crippen LogP contribution is -2.15. The number of halogens is 1. The molecular weight excluding hydrogens is 265 g/mol. The molecule has 0 aliphatic heterocycles. The molecule has 0 radical (unpaired) electrons. The summed E-state index contributed by atoms with van der Waals surface area (Å²) < 4.78 is 12.7. The highest BCUT2D eigenvalue weighted by Gasteiger charge is 2.08. The Morgan fingerprint density at radius 1 is 1.42 bits per heavy atom. The molecule has 100 valence electrons. The van der Waals surface area contributed by atoms with Gasteiger partial charge >= 0.3 is 0 Å². The standard InChI is InChI=1S/C13H14FN3OS/c1-2-9-7-15-17-13(9)16-12(18)8-19-11-5-3-10(14)4-6-11/h3-7H,2,8H2,1H3,(H2,15,16,17,18). The van der Waals surface area contributed by atoms with Gasteiger partial charge in [0, 0.05) is 10.5 Å². The van der Waals surface area contributed by atoms with E-state index in [1.807, 2.05) is 6.92 Å². The highest BCUT2D eigenvalue weighted by molar-refractivity contribution is 8.00. The third kappa shape index (κ3) is 3.82. The van der Waals surface area contributed by atoms with Gasteiger partial charge in [0.2, 0.25) is 5.91 Å². The fourth-order valence-corrected chi connectivity index (χ4v) is 2.24. The number of carbonyl (C=O) groups excluding carboxylic acids is 1.